The molecule has 0 spiro atoms. The van der Waals surface area contributed by atoms with Gasteiger partial charge in [-0.2, -0.15) is 0 Å². The van der Waals surface area contributed by atoms with Gasteiger partial charge in [-0.3, -0.25) is 4.99 Å². The molecule has 3 rings (SSSR count). The van der Waals surface area contributed by atoms with Crippen molar-refractivity contribution >= 4 is 34.6 Å². The standard InChI is InChI=1S/C16H17ClN4O/c1-21-13-6-3-2-5-11(13)15(18-9-4-10-22)19-12-7-8-14(17)20-16(12)21/h2-3,5-8,22H,4,9-10H2,1H3,(H,18,19). The highest BCUT2D eigenvalue weighted by molar-refractivity contribution is 6.29. The molecule has 0 atom stereocenters. The monoisotopic (exact) mass is 316 g/mol. The van der Waals surface area contributed by atoms with E-state index in [0.29, 0.717) is 18.1 Å². The molecule has 22 heavy (non-hydrogen) atoms. The number of nitrogens with zero attached hydrogens (tertiary/aromatic N) is 3. The minimum atomic E-state index is 0.131. The number of hydrogen-bond acceptors (Lipinski definition) is 4. The van der Waals surface area contributed by atoms with Gasteiger partial charge >= 0.3 is 0 Å². The largest absolute Gasteiger partial charge is 0.396 e. The lowest BCUT2D eigenvalue weighted by atomic mass is 10.1. The van der Waals surface area contributed by atoms with E-state index in [0.717, 1.165) is 28.6 Å². The van der Waals surface area contributed by atoms with E-state index in [4.69, 9.17) is 16.7 Å². The number of aliphatic hydroxyl groups excluding tert-OH is 1. The molecule has 0 unspecified atom stereocenters. The molecule has 2 heterocycles. The van der Waals surface area contributed by atoms with Gasteiger partial charge in [-0.05, 0) is 30.7 Å². The molecule has 2 N–H and O–H groups in total. The van der Waals surface area contributed by atoms with Crippen molar-refractivity contribution in [2.75, 3.05) is 30.4 Å². The first kappa shape index (κ1) is 14.8. The highest BCUT2D eigenvalue weighted by atomic mass is 35.5. The summed E-state index contributed by atoms with van der Waals surface area (Å²) in [6, 6.07) is 11.7. The Morgan fingerprint density at radius 2 is 2.09 bits per heavy atom. The van der Waals surface area contributed by atoms with Crippen LogP contribution in [-0.4, -0.2) is 36.1 Å². The van der Waals surface area contributed by atoms with Gasteiger partial charge in [0.25, 0.3) is 0 Å². The normalized spacial score (nSPS) is 15.0. The van der Waals surface area contributed by atoms with Gasteiger partial charge < -0.3 is 15.3 Å². The molecule has 1 aliphatic heterocycles. The third-order valence-electron chi connectivity index (χ3n) is 3.52. The van der Waals surface area contributed by atoms with Crippen molar-refractivity contribution in [3.63, 3.8) is 0 Å². The number of nitrogens with one attached hydrogen (secondary N) is 1. The first-order valence-electron chi connectivity index (χ1n) is 7.12. The lowest BCUT2D eigenvalue weighted by Crippen LogP contribution is -2.14. The average Bonchev–Trinajstić information content (AvgIpc) is 2.65. The second-order valence-corrected chi connectivity index (χ2v) is 5.40. The van der Waals surface area contributed by atoms with E-state index < -0.39 is 0 Å². The molecule has 0 saturated carbocycles. The number of pyridine rings is 1. The second-order valence-electron chi connectivity index (χ2n) is 5.01. The molecule has 0 fully saturated rings. The summed E-state index contributed by atoms with van der Waals surface area (Å²) in [5, 5.41) is 12.7. The molecule has 6 heteroatoms. The molecule has 1 aliphatic rings. The fraction of sp³-hybridized carbons (Fsp3) is 0.250. The predicted octanol–water partition coefficient (Wildman–Crippen LogP) is 3.06. The van der Waals surface area contributed by atoms with Crippen molar-refractivity contribution < 1.29 is 5.11 Å². The number of halogens is 1. The van der Waals surface area contributed by atoms with Crippen LogP contribution >= 0.6 is 11.6 Å². The van der Waals surface area contributed by atoms with E-state index in [1.54, 1.807) is 6.07 Å². The van der Waals surface area contributed by atoms with Gasteiger partial charge in [0.05, 0.1) is 11.4 Å². The molecule has 1 aromatic heterocycles. The minimum absolute atomic E-state index is 0.131. The van der Waals surface area contributed by atoms with Crippen LogP contribution in [0.15, 0.2) is 41.4 Å². The smallest absolute Gasteiger partial charge is 0.158 e. The third-order valence-corrected chi connectivity index (χ3v) is 3.73. The molecule has 0 radical (unpaired) electrons. The SMILES string of the molecule is CN1c2ccccc2C(=NCCCO)Nc2ccc(Cl)nc21. The van der Waals surface area contributed by atoms with Crippen LogP contribution in [0, 0.1) is 0 Å². The van der Waals surface area contributed by atoms with Crippen LogP contribution < -0.4 is 10.2 Å². The van der Waals surface area contributed by atoms with Crippen molar-refractivity contribution in [3.05, 3.63) is 47.1 Å². The van der Waals surface area contributed by atoms with Crippen LogP contribution in [0.1, 0.15) is 12.0 Å². The minimum Gasteiger partial charge on any atom is -0.396 e. The molecule has 1 aromatic carbocycles. The summed E-state index contributed by atoms with van der Waals surface area (Å²) >= 11 is 6.04. The van der Waals surface area contributed by atoms with Crippen LogP contribution in [0.4, 0.5) is 17.2 Å². The van der Waals surface area contributed by atoms with Gasteiger partial charge in [-0.1, -0.05) is 23.7 Å². The number of hydrogen-bond donors (Lipinski definition) is 2. The summed E-state index contributed by atoms with van der Waals surface area (Å²) in [7, 11) is 1.96. The van der Waals surface area contributed by atoms with Crippen molar-refractivity contribution in [1.29, 1.82) is 0 Å². The summed E-state index contributed by atoms with van der Waals surface area (Å²) in [5.74, 6) is 1.53. The molecule has 0 amide bonds. The maximum atomic E-state index is 8.95. The molecular formula is C16H17ClN4O. The number of aromatic nitrogens is 1. The van der Waals surface area contributed by atoms with E-state index >= 15 is 0 Å². The van der Waals surface area contributed by atoms with Crippen molar-refractivity contribution in [3.8, 4) is 0 Å². The Kier molecular flexibility index (Phi) is 4.27. The lowest BCUT2D eigenvalue weighted by Gasteiger charge is -2.19. The second kappa shape index (κ2) is 6.34. The Bertz CT molecular complexity index is 717. The van der Waals surface area contributed by atoms with Gasteiger partial charge in [0.2, 0.25) is 0 Å². The maximum Gasteiger partial charge on any atom is 0.158 e. The number of para-hydroxylation sites is 1. The van der Waals surface area contributed by atoms with E-state index in [-0.39, 0.29) is 6.61 Å². The Morgan fingerprint density at radius 3 is 2.91 bits per heavy atom. The summed E-state index contributed by atoms with van der Waals surface area (Å²) in [5.41, 5.74) is 2.86. The number of rotatable bonds is 3. The van der Waals surface area contributed by atoms with Gasteiger partial charge in [-0.25, -0.2) is 4.98 Å². The molecule has 0 aliphatic carbocycles. The van der Waals surface area contributed by atoms with Crippen LogP contribution in [0.25, 0.3) is 0 Å². The molecule has 2 aromatic rings. The number of fused-ring (bicyclic) bond motifs is 2. The summed E-state index contributed by atoms with van der Waals surface area (Å²) in [6.07, 6.45) is 0.634. The zero-order valence-electron chi connectivity index (χ0n) is 12.3. The van der Waals surface area contributed by atoms with Crippen molar-refractivity contribution in [2.24, 2.45) is 4.99 Å². The quantitative estimate of drug-likeness (QED) is 0.675. The molecule has 114 valence electrons. The zero-order valence-corrected chi connectivity index (χ0v) is 13.0. The van der Waals surface area contributed by atoms with Gasteiger partial charge in [0.1, 0.15) is 11.0 Å². The first-order valence-corrected chi connectivity index (χ1v) is 7.50. The number of aliphatic imine (C=N–C) groups is 1. The van der Waals surface area contributed by atoms with Crippen LogP contribution in [0.2, 0.25) is 5.15 Å². The topological polar surface area (TPSA) is 60.8 Å². The molecule has 0 saturated heterocycles. The lowest BCUT2D eigenvalue weighted by molar-refractivity contribution is 0.291. The van der Waals surface area contributed by atoms with E-state index in [1.165, 1.54) is 0 Å². The maximum absolute atomic E-state index is 8.95. The fourth-order valence-corrected chi connectivity index (χ4v) is 2.58. The average molecular weight is 317 g/mol. The predicted molar refractivity (Wildman–Crippen MR) is 90.5 cm³/mol. The van der Waals surface area contributed by atoms with Crippen LogP contribution in [0.3, 0.4) is 0 Å². The number of aliphatic hydroxyl groups is 1. The van der Waals surface area contributed by atoms with Gasteiger partial charge in [-0.15, -0.1) is 0 Å². The van der Waals surface area contributed by atoms with E-state index in [9.17, 15) is 0 Å². The zero-order chi connectivity index (χ0) is 15.5. The van der Waals surface area contributed by atoms with E-state index in [2.05, 4.69) is 15.3 Å². The summed E-state index contributed by atoms with van der Waals surface area (Å²) in [4.78, 5) is 11.0. The summed E-state index contributed by atoms with van der Waals surface area (Å²) in [6.45, 7) is 0.694. The highest BCUT2D eigenvalue weighted by Gasteiger charge is 2.22. The first-order chi connectivity index (χ1) is 10.7. The van der Waals surface area contributed by atoms with Gasteiger partial charge in [0, 0.05) is 25.8 Å². The number of amidine groups is 1. The van der Waals surface area contributed by atoms with Gasteiger partial charge in [0.15, 0.2) is 5.82 Å². The Morgan fingerprint density at radius 1 is 1.27 bits per heavy atom. The fourth-order valence-electron chi connectivity index (χ4n) is 2.44. The highest BCUT2D eigenvalue weighted by Crippen LogP contribution is 2.36. The third kappa shape index (κ3) is 2.77. The molecule has 5 nitrogen and oxygen atoms in total. The number of benzene rings is 1. The molecular weight excluding hydrogens is 300 g/mol. The van der Waals surface area contributed by atoms with Crippen LogP contribution in [0.5, 0.6) is 0 Å². The summed E-state index contributed by atoms with van der Waals surface area (Å²) < 4.78 is 0. The van der Waals surface area contributed by atoms with Crippen LogP contribution in [-0.2, 0) is 0 Å². The van der Waals surface area contributed by atoms with Crippen molar-refractivity contribution in [2.45, 2.75) is 6.42 Å². The Labute approximate surface area is 134 Å². The molecule has 0 bridgehead atoms. The van der Waals surface area contributed by atoms with Crippen molar-refractivity contribution in [1.82, 2.24) is 4.98 Å². The Balaban J connectivity index is 2.12. The van der Waals surface area contributed by atoms with E-state index in [1.807, 2.05) is 42.3 Å². The number of anilines is 3. The Hall–Kier alpha value is -2.11.